The number of rotatable bonds is 14. The number of aromatic nitrogens is 4. The molecule has 20 heteroatoms. The van der Waals surface area contributed by atoms with E-state index in [2.05, 4.69) is 32.0 Å². The fraction of sp³-hybridized carbons (Fsp3) is 0.435. The molecule has 8 rings (SSSR count). The molecule has 4 N–H and O–H groups in total. The number of unbranched alkanes of at least 4 members (excludes halogenated alkanes) is 3. The first kappa shape index (κ1) is 46.8. The third-order valence-electron chi connectivity index (χ3n) is 13.0. The number of hydrogen-bond donors (Lipinski definition) is 4. The Balaban J connectivity index is 0.822. The second-order valence-corrected chi connectivity index (χ2v) is 20.7. The van der Waals surface area contributed by atoms with Crippen LogP contribution in [0.25, 0.3) is 22.4 Å². The molecule has 2 aromatic carbocycles. The SMILES string of the molecule is C[C@@H]1CN(CCCCCCNC(=O)c2ccc(N3C(=S)N(c4ccc(C#N)c(C(F)(F)F)c4)C(O)C3(C)C)cc2F)CCN1c1cc(C2([S@](C)(=N)=O)CC2)nc(-c2ccnc3[nH]ccc23)n1. The highest BCUT2D eigenvalue weighted by atomic mass is 32.2. The summed E-state index contributed by atoms with van der Waals surface area (Å²) in [7, 11) is -2.92. The second kappa shape index (κ2) is 17.8. The number of aromatic amines is 1. The highest BCUT2D eigenvalue weighted by Crippen LogP contribution is 2.53. The Bertz CT molecular complexity index is 2840. The average molecular weight is 946 g/mol. The number of amides is 1. The van der Waals surface area contributed by atoms with Gasteiger partial charge in [-0.05, 0) is 114 Å². The zero-order valence-electron chi connectivity index (χ0n) is 37.0. The van der Waals surface area contributed by atoms with Gasteiger partial charge in [-0.2, -0.15) is 18.4 Å². The molecule has 0 bridgehead atoms. The predicted molar refractivity (Wildman–Crippen MR) is 249 cm³/mol. The van der Waals surface area contributed by atoms with Gasteiger partial charge in [0.05, 0.1) is 48.5 Å². The first-order chi connectivity index (χ1) is 31.2. The Labute approximate surface area is 386 Å². The van der Waals surface area contributed by atoms with Crippen LogP contribution in [-0.4, -0.2) is 102 Å². The lowest BCUT2D eigenvalue weighted by molar-refractivity contribution is -0.137. The molecule has 14 nitrogen and oxygen atoms in total. The van der Waals surface area contributed by atoms with Crippen LogP contribution in [0.5, 0.6) is 0 Å². The molecule has 5 aromatic rings. The van der Waals surface area contributed by atoms with Crippen LogP contribution in [0.1, 0.15) is 86.5 Å². The summed E-state index contributed by atoms with van der Waals surface area (Å²) in [6.45, 7) is 9.00. The first-order valence-electron chi connectivity index (χ1n) is 21.8. The molecular formula is C46H51F4N11O3S2. The van der Waals surface area contributed by atoms with E-state index in [0.29, 0.717) is 37.3 Å². The summed E-state index contributed by atoms with van der Waals surface area (Å²) in [5.41, 5.74) is -0.870. The van der Waals surface area contributed by atoms with Crippen molar-refractivity contribution in [3.63, 3.8) is 0 Å². The summed E-state index contributed by atoms with van der Waals surface area (Å²) in [6.07, 6.45) is 3.51. The number of aliphatic hydroxyl groups excluding tert-OH is 1. The van der Waals surface area contributed by atoms with Crippen molar-refractivity contribution in [3.8, 4) is 17.5 Å². The van der Waals surface area contributed by atoms with Gasteiger partial charge in [0.25, 0.3) is 5.91 Å². The molecule has 3 aromatic heterocycles. The van der Waals surface area contributed by atoms with Crippen molar-refractivity contribution in [2.45, 2.75) is 88.0 Å². The molecule has 1 saturated carbocycles. The zero-order valence-corrected chi connectivity index (χ0v) is 38.6. The Morgan fingerprint density at radius 3 is 2.48 bits per heavy atom. The molecule has 1 aliphatic carbocycles. The maximum absolute atomic E-state index is 15.6. The fourth-order valence-corrected chi connectivity index (χ4v) is 11.1. The van der Waals surface area contributed by atoms with Gasteiger partial charge in [0.2, 0.25) is 0 Å². The van der Waals surface area contributed by atoms with E-state index >= 15 is 4.39 Å². The van der Waals surface area contributed by atoms with Crippen molar-refractivity contribution in [2.24, 2.45) is 0 Å². The average Bonchev–Trinajstić information content (AvgIpc) is 3.92. The minimum Gasteiger partial charge on any atom is -0.371 e. The number of halogens is 4. The second-order valence-electron chi connectivity index (χ2n) is 17.9. The van der Waals surface area contributed by atoms with Crippen LogP contribution in [0.4, 0.5) is 34.8 Å². The Hall–Kier alpha value is -5.75. The number of alkyl halides is 3. The van der Waals surface area contributed by atoms with E-state index in [-0.39, 0.29) is 28.1 Å². The van der Waals surface area contributed by atoms with Gasteiger partial charge in [-0.25, -0.2) is 23.6 Å². The van der Waals surface area contributed by atoms with Gasteiger partial charge in [-0.3, -0.25) is 19.4 Å². The topological polar surface area (TPSA) is 181 Å². The van der Waals surface area contributed by atoms with Crippen LogP contribution < -0.4 is 20.0 Å². The van der Waals surface area contributed by atoms with E-state index in [9.17, 15) is 32.5 Å². The van der Waals surface area contributed by atoms with Crippen LogP contribution in [-0.2, 0) is 20.7 Å². The lowest BCUT2D eigenvalue weighted by Crippen LogP contribution is -2.52. The van der Waals surface area contributed by atoms with Gasteiger partial charge in [0, 0.05) is 79.3 Å². The fourth-order valence-electron chi connectivity index (χ4n) is 9.16. The number of nitrogens with zero attached hydrogens (tertiary/aromatic N) is 8. The van der Waals surface area contributed by atoms with Crippen molar-refractivity contribution < 1.29 is 31.7 Å². The van der Waals surface area contributed by atoms with E-state index in [1.807, 2.05) is 24.4 Å². The maximum atomic E-state index is 15.6. The van der Waals surface area contributed by atoms with Crippen LogP contribution in [0.3, 0.4) is 0 Å². The summed E-state index contributed by atoms with van der Waals surface area (Å²) in [5.74, 6) is -0.137. The number of aliphatic hydroxyl groups is 1. The van der Waals surface area contributed by atoms with Crippen molar-refractivity contribution in [3.05, 3.63) is 95.2 Å². The number of pyridine rings is 1. The predicted octanol–water partition coefficient (Wildman–Crippen LogP) is 7.92. The van der Waals surface area contributed by atoms with Crippen molar-refractivity contribution in [1.82, 2.24) is 30.2 Å². The van der Waals surface area contributed by atoms with Crippen molar-refractivity contribution >= 4 is 61.2 Å². The molecule has 1 amide bonds. The summed E-state index contributed by atoms with van der Waals surface area (Å²) in [5, 5.41) is 24.1. The molecule has 348 valence electrons. The normalized spacial score (nSPS) is 20.4. The van der Waals surface area contributed by atoms with Crippen molar-refractivity contribution in [1.29, 1.82) is 10.0 Å². The molecule has 66 heavy (non-hydrogen) atoms. The largest absolute Gasteiger partial charge is 0.417 e. The molecule has 3 aliphatic rings. The summed E-state index contributed by atoms with van der Waals surface area (Å²) in [6, 6.07) is 14.3. The number of carbonyl (C=O) groups excluding carboxylic acids is 1. The van der Waals surface area contributed by atoms with Gasteiger partial charge in [-0.15, -0.1) is 0 Å². The van der Waals surface area contributed by atoms with Gasteiger partial charge in [-0.1, -0.05) is 12.8 Å². The van der Waals surface area contributed by atoms with E-state index in [4.69, 9.17) is 27.0 Å². The highest BCUT2D eigenvalue weighted by Gasteiger charge is 2.53. The lowest BCUT2D eigenvalue weighted by atomic mass is 10.0. The quantitative estimate of drug-likeness (QED) is 0.0481. The van der Waals surface area contributed by atoms with Gasteiger partial charge < -0.3 is 25.2 Å². The van der Waals surface area contributed by atoms with Gasteiger partial charge in [0.1, 0.15) is 17.3 Å². The molecule has 3 fully saturated rings. The number of benzene rings is 2. The Morgan fingerprint density at radius 1 is 1.06 bits per heavy atom. The Kier molecular flexibility index (Phi) is 12.6. The number of hydrogen-bond acceptors (Lipinski definition) is 11. The zero-order chi connectivity index (χ0) is 47.3. The molecule has 2 saturated heterocycles. The minimum absolute atomic E-state index is 0.0902. The van der Waals surface area contributed by atoms with E-state index in [1.165, 1.54) is 35.4 Å². The monoisotopic (exact) mass is 945 g/mol. The highest BCUT2D eigenvalue weighted by molar-refractivity contribution is 7.93. The summed E-state index contributed by atoms with van der Waals surface area (Å²) < 4.78 is 77.8. The Morgan fingerprint density at radius 2 is 1.80 bits per heavy atom. The molecule has 3 atom stereocenters. The number of piperazine rings is 1. The van der Waals surface area contributed by atoms with E-state index in [1.54, 1.807) is 20.0 Å². The lowest BCUT2D eigenvalue weighted by Gasteiger charge is -2.41. The number of H-pyrrole nitrogens is 1. The molecule has 0 radical (unpaired) electrons. The van der Waals surface area contributed by atoms with Crippen LogP contribution >= 0.6 is 12.2 Å². The van der Waals surface area contributed by atoms with Crippen LogP contribution in [0, 0.1) is 21.9 Å². The standard InChI is InChI=1S/C46H51F4N11O3S2/c1-28-27-58(21-22-59(28)38-25-37(45(15-16-45)66(4,52)64)56-40(57-38)33-14-19-54-39-32(33)13-18-53-39)20-8-6-5-7-17-55-41(62)34-12-11-31(24-36(34)47)61-43(65)60(42(63)44(61,2)3)30-10-9-29(26-51)35(23-30)46(48,49)50/h9-14,18-19,23-25,28,42,52,63H,5-8,15-17,20-22,27H2,1-4H3,(H,53,54)(H,55,62)/t28-,42?,66-/m1/s1. The van der Waals surface area contributed by atoms with Crippen LogP contribution in [0.2, 0.25) is 0 Å². The molecule has 5 heterocycles. The first-order valence-corrected chi connectivity index (χ1v) is 24.2. The maximum Gasteiger partial charge on any atom is 0.417 e. The number of anilines is 3. The smallest absolute Gasteiger partial charge is 0.371 e. The molecule has 2 aliphatic heterocycles. The molecule has 0 spiro atoms. The molecular weight excluding hydrogens is 895 g/mol. The number of nitrogens with one attached hydrogen (secondary N) is 3. The van der Waals surface area contributed by atoms with Gasteiger partial charge >= 0.3 is 6.18 Å². The van der Waals surface area contributed by atoms with Crippen LogP contribution in [0.15, 0.2) is 67.0 Å². The van der Waals surface area contributed by atoms with Crippen molar-refractivity contribution in [2.75, 3.05) is 53.7 Å². The number of nitriles is 1. The summed E-state index contributed by atoms with van der Waals surface area (Å²) >= 11 is 5.62. The van der Waals surface area contributed by atoms with Gasteiger partial charge in [0.15, 0.2) is 17.2 Å². The number of carbonyl (C=O) groups is 1. The summed E-state index contributed by atoms with van der Waals surface area (Å²) in [4.78, 5) is 37.9. The van der Waals surface area contributed by atoms with E-state index < -0.39 is 55.3 Å². The minimum atomic E-state index is -4.83. The number of fused-ring (bicyclic) bond motifs is 1. The van der Waals surface area contributed by atoms with E-state index in [0.717, 1.165) is 91.0 Å². The number of thiocarbonyl (C=S) groups is 1. The third-order valence-corrected chi connectivity index (χ3v) is 15.5. The molecule has 1 unspecified atom stereocenters. The third kappa shape index (κ3) is 8.81.